The second-order valence-corrected chi connectivity index (χ2v) is 22.3. The Kier molecular flexibility index (Phi) is 13.3. The maximum absolute atomic E-state index is 15.6. The molecule has 0 unspecified atom stereocenters. The molecule has 3 saturated heterocycles. The van der Waals surface area contributed by atoms with Crippen LogP contribution in [0.3, 0.4) is 0 Å². The summed E-state index contributed by atoms with van der Waals surface area (Å²) in [6.07, 6.45) is -14.6. The van der Waals surface area contributed by atoms with Gasteiger partial charge in [0.25, 0.3) is 0 Å². The van der Waals surface area contributed by atoms with Gasteiger partial charge in [0.2, 0.25) is 6.29 Å². The van der Waals surface area contributed by atoms with Crippen molar-refractivity contribution < 1.29 is 89.1 Å². The number of carbonyl (C=O) groups excluding carboxylic acids is 1. The highest BCUT2D eigenvalue weighted by molar-refractivity contribution is 5.85. The molecule has 65 heavy (non-hydrogen) atoms. The molecule has 5 aliphatic carbocycles. The number of rotatable bonds is 8. The molecule has 18 heteroatoms. The molecule has 4 saturated carbocycles. The van der Waals surface area contributed by atoms with Crippen LogP contribution in [0.15, 0.2) is 11.6 Å². The Labute approximate surface area is 380 Å². The summed E-state index contributed by atoms with van der Waals surface area (Å²) in [4.78, 5) is 29.1. The van der Waals surface area contributed by atoms with E-state index in [1.807, 2.05) is 0 Å². The molecule has 0 bridgehead atoms. The average Bonchev–Trinajstić information content (AvgIpc) is 3.25. The number of ether oxygens (including phenoxy) is 6. The molecule has 24 atom stereocenters. The third-order valence-corrected chi connectivity index (χ3v) is 19.0. The van der Waals surface area contributed by atoms with Crippen LogP contribution in [0.2, 0.25) is 0 Å². The fraction of sp³-hybridized carbons (Fsp3) is 0.915. The minimum Gasteiger partial charge on any atom is -0.481 e. The summed E-state index contributed by atoms with van der Waals surface area (Å²) in [5, 5.41) is 107. The van der Waals surface area contributed by atoms with E-state index in [9.17, 15) is 55.9 Å². The average molecular weight is 927 g/mol. The number of carboxylic acid groups (broad SMARTS) is 1. The third-order valence-electron chi connectivity index (χ3n) is 19.0. The lowest BCUT2D eigenvalue weighted by molar-refractivity contribution is -0.367. The largest absolute Gasteiger partial charge is 0.481 e. The van der Waals surface area contributed by atoms with Crippen LogP contribution in [-0.4, -0.2) is 168 Å². The molecule has 7 fully saturated rings. The molecule has 0 amide bonds. The van der Waals surface area contributed by atoms with E-state index >= 15 is 4.79 Å². The fourth-order valence-electron chi connectivity index (χ4n) is 15.0. The van der Waals surface area contributed by atoms with Gasteiger partial charge < -0.3 is 79.5 Å². The molecular formula is C47H74O18. The number of hydrogen-bond donors (Lipinski definition) is 10. The minimum absolute atomic E-state index is 0.00773. The highest BCUT2D eigenvalue weighted by atomic mass is 16.8. The third kappa shape index (κ3) is 7.41. The van der Waals surface area contributed by atoms with Crippen LogP contribution < -0.4 is 0 Å². The van der Waals surface area contributed by atoms with Crippen molar-refractivity contribution in [2.24, 2.45) is 56.7 Å². The van der Waals surface area contributed by atoms with Crippen LogP contribution in [0.5, 0.6) is 0 Å². The number of carbonyl (C=O) groups is 2. The molecule has 0 aromatic rings. The monoisotopic (exact) mass is 926 g/mol. The van der Waals surface area contributed by atoms with Crippen molar-refractivity contribution in [2.75, 3.05) is 13.2 Å². The molecule has 8 aliphatic rings. The van der Waals surface area contributed by atoms with Crippen molar-refractivity contribution >= 4 is 11.9 Å². The van der Waals surface area contributed by atoms with E-state index in [4.69, 9.17) is 28.4 Å². The van der Waals surface area contributed by atoms with Crippen molar-refractivity contribution in [1.82, 2.24) is 0 Å². The van der Waals surface area contributed by atoms with E-state index in [2.05, 4.69) is 47.6 Å². The number of carboxylic acids is 1. The summed E-state index contributed by atoms with van der Waals surface area (Å²) >= 11 is 0. The Morgan fingerprint density at radius 1 is 0.723 bits per heavy atom. The van der Waals surface area contributed by atoms with Crippen LogP contribution in [0.25, 0.3) is 0 Å². The number of hydrogen-bond acceptors (Lipinski definition) is 17. The number of fused-ring (bicyclic) bond motifs is 7. The highest BCUT2D eigenvalue weighted by Crippen LogP contribution is 2.76. The van der Waals surface area contributed by atoms with Crippen LogP contribution in [0, 0.1) is 56.7 Å². The lowest BCUT2D eigenvalue weighted by Gasteiger charge is -2.71. The van der Waals surface area contributed by atoms with E-state index in [0.29, 0.717) is 38.5 Å². The molecule has 0 aromatic carbocycles. The molecule has 3 heterocycles. The van der Waals surface area contributed by atoms with Crippen molar-refractivity contribution in [3.05, 3.63) is 11.6 Å². The van der Waals surface area contributed by atoms with Gasteiger partial charge in [-0.3, -0.25) is 9.59 Å². The van der Waals surface area contributed by atoms with Gasteiger partial charge in [-0.05, 0) is 111 Å². The predicted molar refractivity (Wildman–Crippen MR) is 225 cm³/mol. The molecule has 370 valence electrons. The molecule has 3 aliphatic heterocycles. The van der Waals surface area contributed by atoms with Crippen molar-refractivity contribution in [2.45, 2.75) is 198 Å². The number of esters is 1. The molecule has 0 radical (unpaired) electrons. The lowest BCUT2D eigenvalue weighted by atomic mass is 9.33. The summed E-state index contributed by atoms with van der Waals surface area (Å²) in [6.45, 7) is 13.4. The first-order valence-corrected chi connectivity index (χ1v) is 23.9. The lowest BCUT2D eigenvalue weighted by Crippen LogP contribution is -2.69. The van der Waals surface area contributed by atoms with Crippen LogP contribution >= 0.6 is 0 Å². The van der Waals surface area contributed by atoms with E-state index < -0.39 is 144 Å². The first-order valence-electron chi connectivity index (χ1n) is 23.9. The summed E-state index contributed by atoms with van der Waals surface area (Å²) in [6, 6.07) is 0. The SMILES string of the molecule is C[C@H]1[C@H](C)CC[C@]2(C(=O)O)CC[C@]3(C(=O)O[C@@H]4O[C@H](CO)[C@@H](O)[C@H](O)[C@H]4O)C(=CC[C@@H]4[C@@]5(C)CC[C@H](O[C@@H]6O[C@H](C)[C@@H](O)[C@H](O)[C@H]6O[C@@H]6OC[C@H](O)[C@H](O)[C@H]6O)C(C)(C)[C@@H]5CC[C@]43C)[C@H]12. The standard InChI is InChI=1S/C47H74O18/c1-20-10-15-46(41(57)58)16-17-47(42(59)65-39-36(56)33(53)32(52)25(18-48)62-39)23(29(46)21(20)2)8-9-27-44(6)13-12-28(43(4,5)26(44)11-14-45(27,47)7)63-40-37(34(54)30(50)22(3)61-40)64-38-35(55)31(51)24(49)19-60-38/h8,20-22,24-40,48-56H,9-19H2,1-7H3,(H,57,58)/t20-,21+,22-,24+,25-,26+,27-,28+,29+,30-,31+,32-,33+,34+,35-,36-,37-,38+,39+,40+,44+,45-,46+,47-/m1/s1. The highest BCUT2D eigenvalue weighted by Gasteiger charge is 2.74. The predicted octanol–water partition coefficient (Wildman–Crippen LogP) is 0.728. The number of aliphatic carboxylic acids is 1. The van der Waals surface area contributed by atoms with Gasteiger partial charge in [-0.1, -0.05) is 53.2 Å². The van der Waals surface area contributed by atoms with Crippen LogP contribution in [0.1, 0.15) is 106 Å². The van der Waals surface area contributed by atoms with Crippen molar-refractivity contribution in [3.63, 3.8) is 0 Å². The van der Waals surface area contributed by atoms with E-state index in [1.165, 1.54) is 0 Å². The van der Waals surface area contributed by atoms with Gasteiger partial charge in [0.05, 0.1) is 36.3 Å². The Morgan fingerprint density at radius 2 is 1.42 bits per heavy atom. The zero-order chi connectivity index (χ0) is 47.5. The van der Waals surface area contributed by atoms with Crippen molar-refractivity contribution in [1.29, 1.82) is 0 Å². The van der Waals surface area contributed by atoms with Gasteiger partial charge in [0.1, 0.15) is 61.0 Å². The van der Waals surface area contributed by atoms with Gasteiger partial charge in [0, 0.05) is 0 Å². The quantitative estimate of drug-likeness (QED) is 0.0912. The Hall–Kier alpha value is -1.88. The maximum atomic E-state index is 15.6. The summed E-state index contributed by atoms with van der Waals surface area (Å²) in [5.41, 5.74) is -3.51. The summed E-state index contributed by atoms with van der Waals surface area (Å²) in [7, 11) is 0. The second kappa shape index (κ2) is 17.5. The summed E-state index contributed by atoms with van der Waals surface area (Å²) in [5.74, 6) is -2.12. The molecule has 0 aromatic heterocycles. The van der Waals surface area contributed by atoms with Crippen LogP contribution in [0.4, 0.5) is 0 Å². The summed E-state index contributed by atoms with van der Waals surface area (Å²) < 4.78 is 36.5. The molecule has 10 N–H and O–H groups in total. The van der Waals surface area contributed by atoms with E-state index in [1.54, 1.807) is 6.92 Å². The molecular weight excluding hydrogens is 852 g/mol. The molecule has 18 nitrogen and oxygen atoms in total. The Morgan fingerprint density at radius 3 is 2.09 bits per heavy atom. The molecule has 0 spiro atoms. The number of allylic oxidation sites excluding steroid dienone is 1. The van der Waals surface area contributed by atoms with Gasteiger partial charge in [-0.25, -0.2) is 0 Å². The topological polar surface area (TPSA) is 292 Å². The fourth-order valence-corrected chi connectivity index (χ4v) is 15.0. The van der Waals surface area contributed by atoms with E-state index in [0.717, 1.165) is 12.0 Å². The van der Waals surface area contributed by atoms with E-state index in [-0.39, 0.29) is 43.1 Å². The Bertz CT molecular complexity index is 1810. The van der Waals surface area contributed by atoms with Gasteiger partial charge in [0.15, 0.2) is 12.6 Å². The maximum Gasteiger partial charge on any atom is 0.319 e. The Balaban J connectivity index is 1.13. The minimum atomic E-state index is -1.82. The first-order chi connectivity index (χ1) is 30.4. The van der Waals surface area contributed by atoms with Gasteiger partial charge >= 0.3 is 11.9 Å². The number of aliphatic hydroxyl groups is 9. The first kappa shape index (κ1) is 49.5. The zero-order valence-corrected chi connectivity index (χ0v) is 38.6. The van der Waals surface area contributed by atoms with Crippen LogP contribution in [-0.2, 0) is 38.0 Å². The van der Waals surface area contributed by atoms with Gasteiger partial charge in [-0.15, -0.1) is 0 Å². The second-order valence-electron chi connectivity index (χ2n) is 22.3. The zero-order valence-electron chi connectivity index (χ0n) is 38.6. The number of aliphatic hydroxyl groups excluding tert-OH is 9. The van der Waals surface area contributed by atoms with Gasteiger partial charge in [-0.2, -0.15) is 0 Å². The normalized spacial score (nSPS) is 54.2. The van der Waals surface area contributed by atoms with Crippen molar-refractivity contribution in [3.8, 4) is 0 Å². The smallest absolute Gasteiger partial charge is 0.319 e. The molecule has 8 rings (SSSR count).